The van der Waals surface area contributed by atoms with Gasteiger partial charge in [-0.3, -0.25) is 9.59 Å². The van der Waals surface area contributed by atoms with Crippen LogP contribution >= 0.6 is 0 Å². The lowest BCUT2D eigenvalue weighted by atomic mass is 10.0. The van der Waals surface area contributed by atoms with Gasteiger partial charge in [-0.05, 0) is 66.9 Å². The first-order valence-corrected chi connectivity index (χ1v) is 12.7. The zero-order valence-corrected chi connectivity index (χ0v) is 19.8. The molecule has 9 heteroatoms. The molecule has 1 saturated heterocycles. The predicted molar refractivity (Wildman–Crippen MR) is 130 cm³/mol. The van der Waals surface area contributed by atoms with E-state index in [0.29, 0.717) is 30.4 Å². The lowest BCUT2D eigenvalue weighted by Crippen LogP contribution is -2.38. The Bertz CT molecular complexity index is 1230. The van der Waals surface area contributed by atoms with Crippen molar-refractivity contribution in [2.45, 2.75) is 37.2 Å². The van der Waals surface area contributed by atoms with Crippen LogP contribution in [0.15, 0.2) is 78.0 Å². The molecule has 1 fully saturated rings. The van der Waals surface area contributed by atoms with Crippen LogP contribution in [0.5, 0.6) is 0 Å². The van der Waals surface area contributed by atoms with E-state index in [2.05, 4.69) is 27.0 Å². The molecule has 2 heterocycles. The number of aromatic nitrogens is 1. The Kier molecular flexibility index (Phi) is 7.14. The van der Waals surface area contributed by atoms with Crippen LogP contribution < -0.4 is 10.0 Å². The van der Waals surface area contributed by atoms with Gasteiger partial charge in [0.2, 0.25) is 15.9 Å². The summed E-state index contributed by atoms with van der Waals surface area (Å²) >= 11 is 0. The molecule has 178 valence electrons. The maximum atomic E-state index is 12.9. The highest BCUT2D eigenvalue weighted by atomic mass is 32.2. The number of carbonyl (C=O) groups excluding carboxylic acids is 2. The number of hydrogen-bond donors (Lipinski definition) is 2. The van der Waals surface area contributed by atoms with E-state index in [4.69, 9.17) is 0 Å². The van der Waals surface area contributed by atoms with Gasteiger partial charge in [0.1, 0.15) is 0 Å². The van der Waals surface area contributed by atoms with E-state index in [9.17, 15) is 18.0 Å². The number of benzene rings is 2. The van der Waals surface area contributed by atoms with Crippen LogP contribution in [0.2, 0.25) is 0 Å². The maximum absolute atomic E-state index is 12.9. The summed E-state index contributed by atoms with van der Waals surface area (Å²) in [6.07, 6.45) is 5.98. The van der Waals surface area contributed by atoms with E-state index in [-0.39, 0.29) is 23.3 Å². The summed E-state index contributed by atoms with van der Waals surface area (Å²) in [6.45, 7) is 2.92. The van der Waals surface area contributed by atoms with Gasteiger partial charge in [0.25, 0.3) is 5.91 Å². The van der Waals surface area contributed by atoms with Gasteiger partial charge in [0.05, 0.1) is 4.90 Å². The quantitative estimate of drug-likeness (QED) is 0.541. The minimum atomic E-state index is -3.71. The molecule has 0 unspecified atom stereocenters. The van der Waals surface area contributed by atoms with Crippen molar-refractivity contribution >= 4 is 27.5 Å². The van der Waals surface area contributed by atoms with Crippen molar-refractivity contribution in [3.05, 3.63) is 84.2 Å². The van der Waals surface area contributed by atoms with Crippen molar-refractivity contribution < 1.29 is 18.0 Å². The fourth-order valence-electron chi connectivity index (χ4n) is 4.09. The van der Waals surface area contributed by atoms with Crippen LogP contribution in [-0.4, -0.2) is 42.8 Å². The van der Waals surface area contributed by atoms with E-state index in [0.717, 1.165) is 18.4 Å². The molecule has 0 aliphatic carbocycles. The van der Waals surface area contributed by atoms with Crippen molar-refractivity contribution in [2.24, 2.45) is 0 Å². The molecule has 1 aromatic heterocycles. The standard InChI is InChI=1S/C25H28N4O4S/c1-19(30)27-22-8-10-24(11-9-22)34(32,33)26-18-20-4-6-21(7-5-20)25(31)29-16-12-23(13-17-29)28-14-2-3-15-28/h2-11,14-15,23,26H,12-13,16-18H2,1H3,(H,27,30). The molecule has 34 heavy (non-hydrogen) atoms. The average Bonchev–Trinajstić information content (AvgIpc) is 3.38. The molecule has 1 aliphatic rings. The monoisotopic (exact) mass is 480 g/mol. The third kappa shape index (κ3) is 5.73. The fraction of sp³-hybridized carbons (Fsp3) is 0.280. The van der Waals surface area contributed by atoms with Gasteiger partial charge < -0.3 is 14.8 Å². The van der Waals surface area contributed by atoms with E-state index in [1.165, 1.54) is 31.2 Å². The molecular formula is C25H28N4O4S. The first-order valence-electron chi connectivity index (χ1n) is 11.2. The topological polar surface area (TPSA) is 101 Å². The van der Waals surface area contributed by atoms with Gasteiger partial charge in [-0.15, -0.1) is 0 Å². The molecule has 0 spiro atoms. The highest BCUT2D eigenvalue weighted by Crippen LogP contribution is 2.24. The molecule has 0 bridgehead atoms. The van der Waals surface area contributed by atoms with E-state index in [1.807, 2.05) is 17.0 Å². The molecule has 2 aromatic carbocycles. The summed E-state index contributed by atoms with van der Waals surface area (Å²) in [6, 6.07) is 17.4. The normalized spacial score (nSPS) is 14.7. The summed E-state index contributed by atoms with van der Waals surface area (Å²) < 4.78 is 29.9. The van der Waals surface area contributed by atoms with Crippen molar-refractivity contribution in [2.75, 3.05) is 18.4 Å². The maximum Gasteiger partial charge on any atom is 0.253 e. The van der Waals surface area contributed by atoms with E-state index >= 15 is 0 Å². The summed E-state index contributed by atoms with van der Waals surface area (Å²) in [5.41, 5.74) is 1.88. The minimum absolute atomic E-state index is 0.00246. The molecular weight excluding hydrogens is 452 g/mol. The number of nitrogens with one attached hydrogen (secondary N) is 2. The van der Waals surface area contributed by atoms with Crippen molar-refractivity contribution in [1.82, 2.24) is 14.2 Å². The average molecular weight is 481 g/mol. The number of sulfonamides is 1. The Hall–Kier alpha value is -3.43. The molecule has 8 nitrogen and oxygen atoms in total. The number of anilines is 1. The second-order valence-corrected chi connectivity index (χ2v) is 10.1. The highest BCUT2D eigenvalue weighted by Gasteiger charge is 2.24. The van der Waals surface area contributed by atoms with Crippen LogP contribution in [0.4, 0.5) is 5.69 Å². The summed E-state index contributed by atoms with van der Waals surface area (Å²) in [5, 5.41) is 2.60. The smallest absolute Gasteiger partial charge is 0.253 e. The molecule has 2 amide bonds. The molecule has 4 rings (SSSR count). The van der Waals surface area contributed by atoms with Gasteiger partial charge in [0.15, 0.2) is 0 Å². The van der Waals surface area contributed by atoms with Crippen molar-refractivity contribution in [1.29, 1.82) is 0 Å². The Labute approximate surface area is 199 Å². The van der Waals surface area contributed by atoms with Gasteiger partial charge in [0, 0.05) is 56.2 Å². The first kappa shape index (κ1) is 23.7. The molecule has 0 radical (unpaired) electrons. The van der Waals surface area contributed by atoms with E-state index in [1.54, 1.807) is 24.3 Å². The minimum Gasteiger partial charge on any atom is -0.351 e. The van der Waals surface area contributed by atoms with Gasteiger partial charge in [-0.25, -0.2) is 13.1 Å². The third-order valence-corrected chi connectivity index (χ3v) is 7.37. The number of piperidine rings is 1. The number of rotatable bonds is 7. The van der Waals surface area contributed by atoms with Gasteiger partial charge >= 0.3 is 0 Å². The largest absolute Gasteiger partial charge is 0.351 e. The van der Waals surface area contributed by atoms with Crippen LogP contribution in [0, 0.1) is 0 Å². The van der Waals surface area contributed by atoms with Crippen molar-refractivity contribution in [3.63, 3.8) is 0 Å². The SMILES string of the molecule is CC(=O)Nc1ccc(S(=O)(=O)NCc2ccc(C(=O)N3CCC(n4cccc4)CC3)cc2)cc1. The predicted octanol–water partition coefficient (Wildman–Crippen LogP) is 3.40. The Morgan fingerprint density at radius 3 is 2.15 bits per heavy atom. The second kappa shape index (κ2) is 10.2. The van der Waals surface area contributed by atoms with Crippen LogP contribution in [0.25, 0.3) is 0 Å². The van der Waals surface area contributed by atoms with Crippen LogP contribution in [-0.2, 0) is 21.4 Å². The zero-order chi connectivity index (χ0) is 24.1. The Morgan fingerprint density at radius 1 is 0.941 bits per heavy atom. The fourth-order valence-corrected chi connectivity index (χ4v) is 5.11. The number of carbonyl (C=O) groups is 2. The number of nitrogens with zero attached hydrogens (tertiary/aromatic N) is 2. The highest BCUT2D eigenvalue weighted by molar-refractivity contribution is 7.89. The summed E-state index contributed by atoms with van der Waals surface area (Å²) in [4.78, 5) is 26.0. The Balaban J connectivity index is 1.31. The lowest BCUT2D eigenvalue weighted by Gasteiger charge is -2.32. The van der Waals surface area contributed by atoms with Crippen molar-refractivity contribution in [3.8, 4) is 0 Å². The van der Waals surface area contributed by atoms with E-state index < -0.39 is 10.0 Å². The number of likely N-dealkylation sites (tertiary alicyclic amines) is 1. The molecule has 3 aromatic rings. The van der Waals surface area contributed by atoms with Gasteiger partial charge in [-0.2, -0.15) is 0 Å². The first-order chi connectivity index (χ1) is 16.3. The number of hydrogen-bond acceptors (Lipinski definition) is 4. The summed E-state index contributed by atoms with van der Waals surface area (Å²) in [5.74, 6) is -0.227. The summed E-state index contributed by atoms with van der Waals surface area (Å²) in [7, 11) is -3.71. The Morgan fingerprint density at radius 2 is 1.56 bits per heavy atom. The molecule has 2 N–H and O–H groups in total. The van der Waals surface area contributed by atoms with Crippen LogP contribution in [0.3, 0.4) is 0 Å². The second-order valence-electron chi connectivity index (χ2n) is 8.38. The third-order valence-electron chi connectivity index (χ3n) is 5.95. The molecule has 1 aliphatic heterocycles. The lowest BCUT2D eigenvalue weighted by molar-refractivity contribution is -0.114. The molecule has 0 saturated carbocycles. The van der Waals surface area contributed by atoms with Crippen LogP contribution in [0.1, 0.15) is 41.7 Å². The molecule has 0 atom stereocenters. The van der Waals surface area contributed by atoms with Gasteiger partial charge in [-0.1, -0.05) is 12.1 Å². The zero-order valence-electron chi connectivity index (χ0n) is 19.0. The number of amides is 2.